The monoisotopic (exact) mass is 457 g/mol. The summed E-state index contributed by atoms with van der Waals surface area (Å²) < 4.78 is 34.1. The number of nitrogens with zero attached hydrogens (tertiary/aromatic N) is 2. The Morgan fingerprint density at radius 2 is 1.66 bits per heavy atom. The number of aromatic nitrogens is 2. The van der Waals surface area contributed by atoms with Gasteiger partial charge in [0.25, 0.3) is 16.0 Å². The SMILES string of the molecule is CCOC(=O)c1nn(-c2ccccc2)c(C(=O)Nc2ccccc2)c1CCOS(C)(=O)=O. The number of esters is 1. The van der Waals surface area contributed by atoms with E-state index in [9.17, 15) is 18.0 Å². The fourth-order valence-corrected chi connectivity index (χ4v) is 3.43. The van der Waals surface area contributed by atoms with E-state index >= 15 is 0 Å². The number of hydrogen-bond acceptors (Lipinski definition) is 7. The van der Waals surface area contributed by atoms with E-state index in [1.807, 2.05) is 12.1 Å². The normalized spacial score (nSPS) is 11.2. The van der Waals surface area contributed by atoms with Crippen LogP contribution in [0.5, 0.6) is 0 Å². The second kappa shape index (κ2) is 10.2. The van der Waals surface area contributed by atoms with Crippen LogP contribution in [0, 0.1) is 0 Å². The van der Waals surface area contributed by atoms with E-state index in [4.69, 9.17) is 8.92 Å². The third-order valence-electron chi connectivity index (χ3n) is 4.35. The zero-order valence-electron chi connectivity index (χ0n) is 17.6. The molecule has 0 aliphatic rings. The van der Waals surface area contributed by atoms with Crippen molar-refractivity contribution in [2.24, 2.45) is 0 Å². The van der Waals surface area contributed by atoms with Crippen molar-refractivity contribution in [2.75, 3.05) is 24.8 Å². The number of carbonyl (C=O) groups is 2. The van der Waals surface area contributed by atoms with Gasteiger partial charge in [-0.1, -0.05) is 36.4 Å². The van der Waals surface area contributed by atoms with Gasteiger partial charge in [-0.2, -0.15) is 13.5 Å². The predicted molar refractivity (Wildman–Crippen MR) is 118 cm³/mol. The molecule has 0 fully saturated rings. The largest absolute Gasteiger partial charge is 0.461 e. The highest BCUT2D eigenvalue weighted by Gasteiger charge is 2.29. The molecule has 3 aromatic rings. The van der Waals surface area contributed by atoms with Crippen molar-refractivity contribution in [2.45, 2.75) is 13.3 Å². The molecule has 0 radical (unpaired) electrons. The summed E-state index contributed by atoms with van der Waals surface area (Å²) in [5.41, 5.74) is 1.33. The van der Waals surface area contributed by atoms with Crippen LogP contribution < -0.4 is 5.32 Å². The Morgan fingerprint density at radius 1 is 1.03 bits per heavy atom. The van der Waals surface area contributed by atoms with E-state index in [0.717, 1.165) is 6.26 Å². The van der Waals surface area contributed by atoms with Gasteiger partial charge in [-0.3, -0.25) is 8.98 Å². The number of carbonyl (C=O) groups excluding carboxylic acids is 2. The fourth-order valence-electron chi connectivity index (χ4n) is 3.05. The molecule has 0 unspecified atom stereocenters. The highest BCUT2D eigenvalue weighted by molar-refractivity contribution is 7.85. The average molecular weight is 458 g/mol. The molecule has 0 spiro atoms. The first-order valence-electron chi connectivity index (χ1n) is 9.85. The number of hydrogen-bond donors (Lipinski definition) is 1. The Balaban J connectivity index is 2.11. The van der Waals surface area contributed by atoms with Crippen LogP contribution in [-0.2, 0) is 25.5 Å². The number of amides is 1. The van der Waals surface area contributed by atoms with Crippen LogP contribution in [0.1, 0.15) is 33.5 Å². The van der Waals surface area contributed by atoms with Crippen molar-refractivity contribution in [1.29, 1.82) is 0 Å². The van der Waals surface area contributed by atoms with E-state index in [0.29, 0.717) is 11.4 Å². The molecule has 9 nitrogen and oxygen atoms in total. The minimum absolute atomic E-state index is 0.0500. The van der Waals surface area contributed by atoms with E-state index in [2.05, 4.69) is 10.4 Å². The summed E-state index contributed by atoms with van der Waals surface area (Å²) in [6.07, 6.45) is 0.876. The Hall–Kier alpha value is -3.50. The molecular formula is C22H23N3O6S. The van der Waals surface area contributed by atoms with Crippen LogP contribution in [-0.4, -0.2) is 49.5 Å². The van der Waals surface area contributed by atoms with Crippen LogP contribution in [0.2, 0.25) is 0 Å². The molecule has 0 bridgehead atoms. The zero-order valence-corrected chi connectivity index (χ0v) is 18.5. The Kier molecular flexibility index (Phi) is 7.39. The third-order valence-corrected chi connectivity index (χ3v) is 4.94. The molecule has 0 saturated heterocycles. The quantitative estimate of drug-likeness (QED) is 0.388. The maximum absolute atomic E-state index is 13.3. The molecule has 1 aromatic heterocycles. The van der Waals surface area contributed by atoms with Gasteiger partial charge in [0.05, 0.1) is 25.2 Å². The molecule has 3 rings (SSSR count). The standard InChI is InChI=1S/C22H23N3O6S/c1-3-30-22(27)19-18(14-15-31-32(2,28)29)20(21(26)23-16-10-6-4-7-11-16)25(24-19)17-12-8-5-9-13-17/h4-13H,3,14-15H2,1-2H3,(H,23,26). The Labute approximate surface area is 186 Å². The topological polar surface area (TPSA) is 117 Å². The van der Waals surface area contributed by atoms with E-state index in [-0.39, 0.29) is 36.6 Å². The van der Waals surface area contributed by atoms with Crippen molar-refractivity contribution < 1.29 is 26.9 Å². The number of para-hydroxylation sites is 2. The van der Waals surface area contributed by atoms with Gasteiger partial charge in [-0.25, -0.2) is 9.48 Å². The van der Waals surface area contributed by atoms with Crippen molar-refractivity contribution in [3.05, 3.63) is 77.6 Å². The Morgan fingerprint density at radius 3 is 2.25 bits per heavy atom. The van der Waals surface area contributed by atoms with Crippen molar-refractivity contribution in [3.63, 3.8) is 0 Å². The number of benzene rings is 2. The highest BCUT2D eigenvalue weighted by Crippen LogP contribution is 2.23. The van der Waals surface area contributed by atoms with Crippen LogP contribution in [0.15, 0.2) is 60.7 Å². The summed E-state index contributed by atoms with van der Waals surface area (Å²) in [5.74, 6) is -1.23. The molecule has 32 heavy (non-hydrogen) atoms. The number of rotatable bonds is 9. The first kappa shape index (κ1) is 23.2. The molecular weight excluding hydrogens is 434 g/mol. The molecule has 1 N–H and O–H groups in total. The van der Waals surface area contributed by atoms with Gasteiger partial charge in [0.15, 0.2) is 5.69 Å². The summed E-state index contributed by atoms with van der Waals surface area (Å²) in [7, 11) is -3.71. The maximum atomic E-state index is 13.3. The number of ether oxygens (including phenoxy) is 1. The lowest BCUT2D eigenvalue weighted by atomic mass is 10.1. The molecule has 0 saturated carbocycles. The third kappa shape index (κ3) is 5.80. The van der Waals surface area contributed by atoms with E-state index < -0.39 is 22.0 Å². The van der Waals surface area contributed by atoms with Gasteiger partial charge in [0.2, 0.25) is 0 Å². The lowest BCUT2D eigenvalue weighted by molar-refractivity contribution is 0.0517. The molecule has 0 aliphatic carbocycles. The predicted octanol–water partition coefficient (Wildman–Crippen LogP) is 2.82. The van der Waals surface area contributed by atoms with Crippen LogP contribution in [0.25, 0.3) is 5.69 Å². The molecule has 168 valence electrons. The van der Waals surface area contributed by atoms with Crippen molar-refractivity contribution >= 4 is 27.7 Å². The van der Waals surface area contributed by atoms with Gasteiger partial charge in [0, 0.05) is 17.7 Å². The van der Waals surface area contributed by atoms with Gasteiger partial charge >= 0.3 is 5.97 Å². The molecule has 1 heterocycles. The lowest BCUT2D eigenvalue weighted by Crippen LogP contribution is -2.19. The van der Waals surface area contributed by atoms with Crippen LogP contribution in [0.4, 0.5) is 5.69 Å². The second-order valence-corrected chi connectivity index (χ2v) is 8.38. The average Bonchev–Trinajstić information content (AvgIpc) is 3.14. The molecule has 10 heteroatoms. The highest BCUT2D eigenvalue weighted by atomic mass is 32.2. The van der Waals surface area contributed by atoms with Gasteiger partial charge in [-0.05, 0) is 31.2 Å². The molecule has 0 atom stereocenters. The van der Waals surface area contributed by atoms with E-state index in [1.54, 1.807) is 55.5 Å². The molecule has 2 aromatic carbocycles. The van der Waals surface area contributed by atoms with Crippen molar-refractivity contribution in [3.8, 4) is 5.69 Å². The first-order chi connectivity index (χ1) is 15.3. The minimum atomic E-state index is -3.71. The number of nitrogens with one attached hydrogen (secondary N) is 1. The zero-order chi connectivity index (χ0) is 23.1. The van der Waals surface area contributed by atoms with Gasteiger partial charge < -0.3 is 10.1 Å². The summed E-state index contributed by atoms with van der Waals surface area (Å²) >= 11 is 0. The summed E-state index contributed by atoms with van der Waals surface area (Å²) in [6.45, 7) is 1.50. The second-order valence-electron chi connectivity index (χ2n) is 6.74. The maximum Gasteiger partial charge on any atom is 0.359 e. The summed E-state index contributed by atoms with van der Waals surface area (Å²) in [6, 6.07) is 17.6. The Bertz CT molecular complexity index is 1190. The first-order valence-corrected chi connectivity index (χ1v) is 11.7. The van der Waals surface area contributed by atoms with Gasteiger partial charge in [0.1, 0.15) is 5.69 Å². The van der Waals surface area contributed by atoms with Crippen molar-refractivity contribution in [1.82, 2.24) is 9.78 Å². The lowest BCUT2D eigenvalue weighted by Gasteiger charge is -2.11. The summed E-state index contributed by atoms with van der Waals surface area (Å²) in [4.78, 5) is 25.9. The smallest absolute Gasteiger partial charge is 0.359 e. The van der Waals surface area contributed by atoms with Crippen LogP contribution >= 0.6 is 0 Å². The number of anilines is 1. The van der Waals surface area contributed by atoms with Crippen LogP contribution in [0.3, 0.4) is 0 Å². The van der Waals surface area contributed by atoms with Gasteiger partial charge in [-0.15, -0.1) is 0 Å². The summed E-state index contributed by atoms with van der Waals surface area (Å²) in [5, 5.41) is 7.14. The minimum Gasteiger partial charge on any atom is -0.461 e. The fraction of sp³-hybridized carbons (Fsp3) is 0.227. The van der Waals surface area contributed by atoms with E-state index in [1.165, 1.54) is 4.68 Å². The molecule has 0 aliphatic heterocycles. The molecule has 1 amide bonds.